The minimum absolute atomic E-state index is 0.713. The highest BCUT2D eigenvalue weighted by atomic mass is 15.0. The van der Waals surface area contributed by atoms with E-state index in [0.717, 1.165) is 0 Å². The molecule has 0 amide bonds. The fourth-order valence-electron chi connectivity index (χ4n) is 4.66. The van der Waals surface area contributed by atoms with Crippen LogP contribution in [0.4, 0.5) is 0 Å². The van der Waals surface area contributed by atoms with E-state index in [-0.39, 0.29) is 0 Å². The second-order valence-electron chi connectivity index (χ2n) is 9.56. The Morgan fingerprint density at radius 1 is 0.433 bits per heavy atom. The molecule has 1 aromatic rings. The number of aromatic nitrogens is 1. The van der Waals surface area contributed by atoms with E-state index in [9.17, 15) is 0 Å². The molecule has 1 nitrogen and oxygen atoms in total. The van der Waals surface area contributed by atoms with E-state index < -0.39 is 0 Å². The van der Waals surface area contributed by atoms with Crippen LogP contribution in [0, 0.1) is 0 Å². The van der Waals surface area contributed by atoms with Gasteiger partial charge in [0.1, 0.15) is 0 Å². The Hall–Kier alpha value is -0.850. The summed E-state index contributed by atoms with van der Waals surface area (Å²) in [5.74, 6) is 0. The maximum atomic E-state index is 2.47. The van der Waals surface area contributed by atoms with Crippen LogP contribution in [0.25, 0.3) is 0 Å². The molecule has 1 rings (SSSR count). The molecule has 0 saturated heterocycles. The molecule has 1 aromatic heterocycles. The standard InChI is InChI=1S/C29H54N/c1-3-5-7-9-10-11-12-13-14-15-16-17-19-22-26-29(25-21-18-8-6-4-2)30-27-23-20-24-28-30/h20,23-24,27-29H,3-19,21-22,25-26H2,1-2H3/q+1. The second-order valence-corrected chi connectivity index (χ2v) is 9.56. The van der Waals surface area contributed by atoms with E-state index in [1.807, 2.05) is 0 Å². The molecule has 1 unspecified atom stereocenters. The first-order valence-corrected chi connectivity index (χ1v) is 13.8. The normalized spacial score (nSPS) is 12.3. The van der Waals surface area contributed by atoms with Crippen LogP contribution in [0.3, 0.4) is 0 Å². The van der Waals surface area contributed by atoms with Crippen molar-refractivity contribution in [2.45, 2.75) is 155 Å². The zero-order valence-corrected chi connectivity index (χ0v) is 20.8. The summed E-state index contributed by atoms with van der Waals surface area (Å²) in [4.78, 5) is 0. The molecule has 1 heterocycles. The number of nitrogens with zero attached hydrogens (tertiary/aromatic N) is 1. The summed E-state index contributed by atoms with van der Waals surface area (Å²) in [5, 5.41) is 0. The molecule has 174 valence electrons. The number of unbranched alkanes of at least 4 members (excludes halogenated alkanes) is 17. The number of hydrogen-bond donors (Lipinski definition) is 0. The Morgan fingerprint density at radius 3 is 1.13 bits per heavy atom. The van der Waals surface area contributed by atoms with Crippen molar-refractivity contribution in [1.29, 1.82) is 0 Å². The highest BCUT2D eigenvalue weighted by Gasteiger charge is 2.16. The first-order chi connectivity index (χ1) is 14.9. The molecule has 30 heavy (non-hydrogen) atoms. The third kappa shape index (κ3) is 15.9. The summed E-state index contributed by atoms with van der Waals surface area (Å²) in [6.45, 7) is 4.61. The molecule has 0 aromatic carbocycles. The maximum Gasteiger partial charge on any atom is 0.169 e. The highest BCUT2D eigenvalue weighted by molar-refractivity contribution is 4.84. The average molecular weight is 417 g/mol. The Kier molecular flexibility index (Phi) is 19.4. The van der Waals surface area contributed by atoms with Gasteiger partial charge in [0, 0.05) is 25.0 Å². The molecular weight excluding hydrogens is 362 g/mol. The zero-order chi connectivity index (χ0) is 21.5. The van der Waals surface area contributed by atoms with E-state index >= 15 is 0 Å². The summed E-state index contributed by atoms with van der Waals surface area (Å²) in [6.07, 6.45) is 34.5. The van der Waals surface area contributed by atoms with Crippen molar-refractivity contribution in [2.24, 2.45) is 0 Å². The monoisotopic (exact) mass is 416 g/mol. The predicted molar refractivity (Wildman–Crippen MR) is 134 cm³/mol. The summed E-state index contributed by atoms with van der Waals surface area (Å²) in [7, 11) is 0. The van der Waals surface area contributed by atoms with Crippen LogP contribution >= 0.6 is 0 Å². The van der Waals surface area contributed by atoms with Gasteiger partial charge >= 0.3 is 0 Å². The summed E-state index contributed by atoms with van der Waals surface area (Å²) in [5.41, 5.74) is 0. The maximum absolute atomic E-state index is 2.47. The third-order valence-electron chi connectivity index (χ3n) is 6.69. The Labute approximate surface area is 190 Å². The van der Waals surface area contributed by atoms with Gasteiger partial charge in [0.15, 0.2) is 18.4 Å². The van der Waals surface area contributed by atoms with E-state index in [1.54, 1.807) is 0 Å². The largest absolute Gasteiger partial charge is 0.202 e. The van der Waals surface area contributed by atoms with E-state index in [1.165, 1.54) is 135 Å². The van der Waals surface area contributed by atoms with Crippen LogP contribution in [-0.2, 0) is 0 Å². The Bertz CT molecular complexity index is 441. The van der Waals surface area contributed by atoms with Crippen LogP contribution in [-0.4, -0.2) is 0 Å². The van der Waals surface area contributed by atoms with E-state index in [0.29, 0.717) is 6.04 Å². The molecular formula is C29H54N+. The van der Waals surface area contributed by atoms with Gasteiger partial charge in [-0.2, -0.15) is 0 Å². The molecule has 0 N–H and O–H groups in total. The smallest absolute Gasteiger partial charge is 0.169 e. The van der Waals surface area contributed by atoms with Crippen molar-refractivity contribution in [2.75, 3.05) is 0 Å². The van der Waals surface area contributed by atoms with E-state index in [2.05, 4.69) is 49.0 Å². The van der Waals surface area contributed by atoms with Gasteiger partial charge in [0.2, 0.25) is 0 Å². The van der Waals surface area contributed by atoms with Gasteiger partial charge in [-0.25, -0.2) is 4.57 Å². The van der Waals surface area contributed by atoms with Crippen LogP contribution in [0.5, 0.6) is 0 Å². The lowest BCUT2D eigenvalue weighted by Gasteiger charge is -2.12. The van der Waals surface area contributed by atoms with Gasteiger partial charge in [0.25, 0.3) is 0 Å². The van der Waals surface area contributed by atoms with E-state index in [4.69, 9.17) is 0 Å². The Balaban J connectivity index is 2.02. The second kappa shape index (κ2) is 21.4. The van der Waals surface area contributed by atoms with Gasteiger partial charge in [-0.1, -0.05) is 129 Å². The fourth-order valence-corrected chi connectivity index (χ4v) is 4.66. The number of hydrogen-bond acceptors (Lipinski definition) is 0. The van der Waals surface area contributed by atoms with Crippen LogP contribution in [0.2, 0.25) is 0 Å². The molecule has 0 aliphatic heterocycles. The van der Waals surface area contributed by atoms with Crippen molar-refractivity contribution in [3.8, 4) is 0 Å². The van der Waals surface area contributed by atoms with Crippen molar-refractivity contribution >= 4 is 0 Å². The van der Waals surface area contributed by atoms with Crippen molar-refractivity contribution in [3.05, 3.63) is 30.6 Å². The molecule has 1 atom stereocenters. The molecule has 0 saturated carbocycles. The predicted octanol–water partition coefficient (Wildman–Crippen LogP) is 9.75. The first kappa shape index (κ1) is 27.2. The van der Waals surface area contributed by atoms with Gasteiger partial charge in [0.05, 0.1) is 0 Å². The topological polar surface area (TPSA) is 3.88 Å². The zero-order valence-electron chi connectivity index (χ0n) is 20.8. The number of pyridine rings is 1. The minimum Gasteiger partial charge on any atom is -0.202 e. The lowest BCUT2D eigenvalue weighted by molar-refractivity contribution is -0.724. The van der Waals surface area contributed by atoms with Crippen molar-refractivity contribution < 1.29 is 4.57 Å². The number of rotatable bonds is 22. The SMILES string of the molecule is CCCCCCCCCCCCCCCCC(CCCCCCC)[n+]1ccccc1. The Morgan fingerprint density at radius 2 is 0.767 bits per heavy atom. The van der Waals surface area contributed by atoms with Gasteiger partial charge in [-0.3, -0.25) is 0 Å². The quantitative estimate of drug-likeness (QED) is 0.131. The lowest BCUT2D eigenvalue weighted by atomic mass is 9.99. The van der Waals surface area contributed by atoms with Gasteiger partial charge in [-0.15, -0.1) is 0 Å². The molecule has 0 radical (unpaired) electrons. The summed E-state index contributed by atoms with van der Waals surface area (Å²) in [6, 6.07) is 7.23. The highest BCUT2D eigenvalue weighted by Crippen LogP contribution is 2.19. The molecule has 1 heteroatoms. The van der Waals surface area contributed by atoms with Crippen LogP contribution in [0.1, 0.15) is 155 Å². The van der Waals surface area contributed by atoms with Crippen molar-refractivity contribution in [1.82, 2.24) is 0 Å². The van der Waals surface area contributed by atoms with Gasteiger partial charge < -0.3 is 0 Å². The molecule has 0 fully saturated rings. The average Bonchev–Trinajstić information content (AvgIpc) is 2.78. The van der Waals surface area contributed by atoms with Crippen LogP contribution < -0.4 is 4.57 Å². The molecule has 0 aliphatic rings. The lowest BCUT2D eigenvalue weighted by Crippen LogP contribution is -2.38. The first-order valence-electron chi connectivity index (χ1n) is 13.8. The molecule has 0 bridgehead atoms. The van der Waals surface area contributed by atoms with Crippen LogP contribution in [0.15, 0.2) is 30.6 Å². The molecule has 0 spiro atoms. The van der Waals surface area contributed by atoms with Gasteiger partial charge in [-0.05, 0) is 12.8 Å². The third-order valence-corrected chi connectivity index (χ3v) is 6.69. The summed E-state index contributed by atoms with van der Waals surface area (Å²) < 4.78 is 2.47. The minimum atomic E-state index is 0.713. The summed E-state index contributed by atoms with van der Waals surface area (Å²) >= 11 is 0. The molecule has 0 aliphatic carbocycles. The fraction of sp³-hybridized carbons (Fsp3) is 0.828. The van der Waals surface area contributed by atoms with Crippen molar-refractivity contribution in [3.63, 3.8) is 0 Å².